The average molecular weight is 305 g/mol. The number of hydrogen-bond acceptors (Lipinski definition) is 7. The first-order valence-electron chi connectivity index (χ1n) is 6.74. The maximum atomic E-state index is 12.1. The summed E-state index contributed by atoms with van der Waals surface area (Å²) in [5.74, 6) is 1.55. The van der Waals surface area contributed by atoms with Crippen molar-refractivity contribution in [3.05, 3.63) is 35.2 Å². The molecule has 22 heavy (non-hydrogen) atoms. The SMILES string of the molecule is COc1cc(C(=O)OCc2cc(C)on2)cc2c1OCCO2. The van der Waals surface area contributed by atoms with Crippen LogP contribution in [0.4, 0.5) is 0 Å². The molecule has 7 heteroatoms. The van der Waals surface area contributed by atoms with Crippen LogP contribution in [0.3, 0.4) is 0 Å². The second-order valence-corrected chi connectivity index (χ2v) is 4.71. The van der Waals surface area contributed by atoms with E-state index in [9.17, 15) is 4.79 Å². The highest BCUT2D eigenvalue weighted by molar-refractivity contribution is 5.91. The Bertz CT molecular complexity index is 676. The van der Waals surface area contributed by atoms with Crippen molar-refractivity contribution in [1.29, 1.82) is 0 Å². The summed E-state index contributed by atoms with van der Waals surface area (Å²) in [5, 5.41) is 3.76. The number of fused-ring (bicyclic) bond motifs is 1. The Morgan fingerprint density at radius 3 is 2.82 bits per heavy atom. The summed E-state index contributed by atoms with van der Waals surface area (Å²) < 4.78 is 26.3. The van der Waals surface area contributed by atoms with Gasteiger partial charge in [-0.05, 0) is 19.1 Å². The van der Waals surface area contributed by atoms with E-state index in [0.717, 1.165) is 0 Å². The van der Waals surface area contributed by atoms with Gasteiger partial charge in [0.05, 0.1) is 12.7 Å². The Balaban J connectivity index is 1.77. The largest absolute Gasteiger partial charge is 0.493 e. The van der Waals surface area contributed by atoms with E-state index >= 15 is 0 Å². The summed E-state index contributed by atoms with van der Waals surface area (Å²) in [5.41, 5.74) is 0.872. The van der Waals surface area contributed by atoms with E-state index in [1.54, 1.807) is 25.1 Å². The Labute approximate surface area is 126 Å². The zero-order valence-corrected chi connectivity index (χ0v) is 12.3. The molecule has 0 fully saturated rings. The second-order valence-electron chi connectivity index (χ2n) is 4.71. The lowest BCUT2D eigenvalue weighted by Gasteiger charge is -2.21. The average Bonchev–Trinajstić information content (AvgIpc) is 2.97. The summed E-state index contributed by atoms with van der Waals surface area (Å²) in [6.07, 6.45) is 0. The van der Waals surface area contributed by atoms with Gasteiger partial charge in [-0.25, -0.2) is 4.79 Å². The first-order valence-corrected chi connectivity index (χ1v) is 6.74. The fourth-order valence-corrected chi connectivity index (χ4v) is 2.10. The van der Waals surface area contributed by atoms with Crippen LogP contribution in [-0.4, -0.2) is 31.4 Å². The van der Waals surface area contributed by atoms with Crippen molar-refractivity contribution < 1.29 is 28.3 Å². The normalized spacial score (nSPS) is 12.8. The van der Waals surface area contributed by atoms with Gasteiger partial charge >= 0.3 is 5.97 Å². The number of hydrogen-bond donors (Lipinski definition) is 0. The lowest BCUT2D eigenvalue weighted by atomic mass is 10.1. The molecule has 0 radical (unpaired) electrons. The number of aryl methyl sites for hydroxylation is 1. The number of benzene rings is 1. The Kier molecular flexibility index (Phi) is 3.86. The maximum absolute atomic E-state index is 12.1. The fourth-order valence-electron chi connectivity index (χ4n) is 2.10. The zero-order chi connectivity index (χ0) is 15.5. The smallest absolute Gasteiger partial charge is 0.338 e. The molecule has 1 aromatic carbocycles. The second kappa shape index (κ2) is 5.97. The van der Waals surface area contributed by atoms with Crippen LogP contribution >= 0.6 is 0 Å². The first-order chi connectivity index (χ1) is 10.7. The van der Waals surface area contributed by atoms with Gasteiger partial charge in [0.15, 0.2) is 11.5 Å². The molecule has 0 bridgehead atoms. The molecular weight excluding hydrogens is 290 g/mol. The van der Waals surface area contributed by atoms with Crippen molar-refractivity contribution in [2.45, 2.75) is 13.5 Å². The third-order valence-electron chi connectivity index (χ3n) is 3.09. The molecule has 2 aromatic rings. The number of ether oxygens (including phenoxy) is 4. The molecule has 1 aliphatic rings. The highest BCUT2D eigenvalue weighted by atomic mass is 16.6. The quantitative estimate of drug-likeness (QED) is 0.800. The first kappa shape index (κ1) is 14.2. The molecule has 1 aromatic heterocycles. The molecule has 3 rings (SSSR count). The number of rotatable bonds is 4. The van der Waals surface area contributed by atoms with E-state index in [1.807, 2.05) is 0 Å². The number of esters is 1. The van der Waals surface area contributed by atoms with Gasteiger partial charge in [0.2, 0.25) is 5.75 Å². The van der Waals surface area contributed by atoms with Crippen LogP contribution in [0.5, 0.6) is 17.2 Å². The van der Waals surface area contributed by atoms with E-state index < -0.39 is 5.97 Å². The van der Waals surface area contributed by atoms with Crippen LogP contribution in [0, 0.1) is 6.92 Å². The van der Waals surface area contributed by atoms with Gasteiger partial charge < -0.3 is 23.5 Å². The van der Waals surface area contributed by atoms with E-state index in [0.29, 0.717) is 47.5 Å². The summed E-state index contributed by atoms with van der Waals surface area (Å²) in [6.45, 7) is 2.67. The third-order valence-corrected chi connectivity index (χ3v) is 3.09. The lowest BCUT2D eigenvalue weighted by molar-refractivity contribution is 0.0462. The van der Waals surface area contributed by atoms with E-state index in [2.05, 4.69) is 5.16 Å². The summed E-state index contributed by atoms with van der Waals surface area (Å²) in [7, 11) is 1.50. The summed E-state index contributed by atoms with van der Waals surface area (Å²) in [4.78, 5) is 12.1. The molecule has 0 unspecified atom stereocenters. The van der Waals surface area contributed by atoms with Crippen LogP contribution < -0.4 is 14.2 Å². The van der Waals surface area contributed by atoms with Crippen LogP contribution in [-0.2, 0) is 11.3 Å². The van der Waals surface area contributed by atoms with Gasteiger partial charge in [0, 0.05) is 6.07 Å². The molecule has 0 spiro atoms. The van der Waals surface area contributed by atoms with Crippen LogP contribution in [0.15, 0.2) is 22.7 Å². The summed E-state index contributed by atoms with van der Waals surface area (Å²) in [6, 6.07) is 4.84. The Hall–Kier alpha value is -2.70. The number of aromatic nitrogens is 1. The number of methoxy groups -OCH3 is 1. The minimum Gasteiger partial charge on any atom is -0.493 e. The standard InChI is InChI=1S/C15H15NO6/c1-9-5-11(16-22-9)8-21-15(17)10-6-12(18-2)14-13(7-10)19-3-4-20-14/h5-7H,3-4,8H2,1-2H3. The number of nitrogens with zero attached hydrogens (tertiary/aromatic N) is 1. The predicted molar refractivity (Wildman–Crippen MR) is 74.3 cm³/mol. The van der Waals surface area contributed by atoms with Gasteiger partial charge in [0.1, 0.15) is 31.3 Å². The molecule has 116 valence electrons. The molecule has 7 nitrogen and oxygen atoms in total. The molecule has 0 saturated carbocycles. The van der Waals surface area contributed by atoms with E-state index in [-0.39, 0.29) is 6.61 Å². The van der Waals surface area contributed by atoms with Crippen molar-refractivity contribution in [2.24, 2.45) is 0 Å². The number of carbonyl (C=O) groups is 1. The van der Waals surface area contributed by atoms with Gasteiger partial charge in [0.25, 0.3) is 0 Å². The van der Waals surface area contributed by atoms with E-state index in [1.165, 1.54) is 7.11 Å². The molecule has 1 aliphatic heterocycles. The monoisotopic (exact) mass is 305 g/mol. The predicted octanol–water partition coefficient (Wildman–Crippen LogP) is 2.12. The van der Waals surface area contributed by atoms with Gasteiger partial charge in [-0.1, -0.05) is 5.16 Å². The molecule has 0 amide bonds. The molecule has 0 atom stereocenters. The number of carbonyl (C=O) groups excluding carboxylic acids is 1. The minimum atomic E-state index is -0.504. The zero-order valence-electron chi connectivity index (χ0n) is 12.3. The van der Waals surface area contributed by atoms with E-state index in [4.69, 9.17) is 23.5 Å². The summed E-state index contributed by atoms with van der Waals surface area (Å²) >= 11 is 0. The van der Waals surface area contributed by atoms with Crippen molar-refractivity contribution in [3.8, 4) is 17.2 Å². The maximum Gasteiger partial charge on any atom is 0.338 e. The minimum absolute atomic E-state index is 0.0347. The molecule has 0 saturated heterocycles. The molecular formula is C15H15NO6. The third kappa shape index (κ3) is 2.83. The van der Waals surface area contributed by atoms with Gasteiger partial charge in [-0.3, -0.25) is 0 Å². The van der Waals surface area contributed by atoms with Gasteiger partial charge in [-0.15, -0.1) is 0 Å². The highest BCUT2D eigenvalue weighted by Crippen LogP contribution is 2.40. The Morgan fingerprint density at radius 1 is 1.27 bits per heavy atom. The lowest BCUT2D eigenvalue weighted by Crippen LogP contribution is -2.17. The Morgan fingerprint density at radius 2 is 2.09 bits per heavy atom. The van der Waals surface area contributed by atoms with Crippen LogP contribution in [0.1, 0.15) is 21.8 Å². The van der Waals surface area contributed by atoms with Crippen LogP contribution in [0.25, 0.3) is 0 Å². The van der Waals surface area contributed by atoms with Crippen molar-refractivity contribution in [1.82, 2.24) is 5.16 Å². The molecule has 0 N–H and O–H groups in total. The van der Waals surface area contributed by atoms with Crippen molar-refractivity contribution in [3.63, 3.8) is 0 Å². The van der Waals surface area contributed by atoms with Crippen LogP contribution in [0.2, 0.25) is 0 Å². The van der Waals surface area contributed by atoms with Gasteiger partial charge in [-0.2, -0.15) is 0 Å². The molecule has 2 heterocycles. The fraction of sp³-hybridized carbons (Fsp3) is 0.333. The molecule has 0 aliphatic carbocycles. The topological polar surface area (TPSA) is 80.0 Å². The van der Waals surface area contributed by atoms with Crippen molar-refractivity contribution in [2.75, 3.05) is 20.3 Å². The van der Waals surface area contributed by atoms with Crippen molar-refractivity contribution >= 4 is 5.97 Å². The highest BCUT2D eigenvalue weighted by Gasteiger charge is 2.21.